The zero-order chi connectivity index (χ0) is 44.4. The van der Waals surface area contributed by atoms with E-state index < -0.39 is 0 Å². The summed E-state index contributed by atoms with van der Waals surface area (Å²) in [6, 6.07) is 15.1. The summed E-state index contributed by atoms with van der Waals surface area (Å²) in [4.78, 5) is 7.14. The van der Waals surface area contributed by atoms with Crippen LogP contribution in [-0.2, 0) is 5.41 Å². The molecule has 2 nitrogen and oxygen atoms in total. The first-order valence-electron chi connectivity index (χ1n) is 23.7. The standard InChI is InChI=1S/C57H70BIN2S/c1-34(2)43-22-25-48-53(62-37(5)30-45(43)56(13,14)59)58-46-23-20-35(3)28-49(46)60(42-26-27-57(55(10,11)12)33-41(57)31-42)52-38(6)36(4)29-50(51(52)58)61(48)47-24-21-40(54(7,8)9)32-44(47)39-18-16-15-17-19-39/h15-16,18,20-24,26-32,34,37-38,41,52H,17,19,25,33H2,1-14H3/b43-22-,45-30+/t37?,38-,41?,52?,57-/m1/s1. The minimum absolute atomic E-state index is 0.00481. The summed E-state index contributed by atoms with van der Waals surface area (Å²) in [6.45, 7) is 33.8. The number of thioether (sulfide) groups is 1. The predicted octanol–water partition coefficient (Wildman–Crippen LogP) is 15.3. The van der Waals surface area contributed by atoms with Gasteiger partial charge in [0.05, 0.1) is 11.7 Å². The highest BCUT2D eigenvalue weighted by Gasteiger charge is 2.60. The van der Waals surface area contributed by atoms with Crippen molar-refractivity contribution in [1.29, 1.82) is 0 Å². The Labute approximate surface area is 393 Å². The largest absolute Gasteiger partial charge is 0.335 e. The lowest BCUT2D eigenvalue weighted by Gasteiger charge is -2.53. The Bertz CT molecular complexity index is 2510. The van der Waals surface area contributed by atoms with Crippen molar-refractivity contribution in [2.24, 2.45) is 28.6 Å². The SMILES string of the molecule is CC1=CC2=C3B(C4=C(C/C=C(C(C)C)\C(C(C)(C)I)=C/C(C)S4)N2c2ccc(C(C)(C)C)cc2C2=CC=CCC2)c2ccc(C)cc2N(C2=CC4C[C@]4(C(C)(C)C)C=C2)C3[C@@H]1C. The van der Waals surface area contributed by atoms with Crippen LogP contribution in [-0.4, -0.2) is 21.4 Å². The number of fused-ring (bicyclic) bond motifs is 4. The molecule has 1 saturated carbocycles. The predicted molar refractivity (Wildman–Crippen MR) is 282 cm³/mol. The van der Waals surface area contributed by atoms with Crippen molar-refractivity contribution < 1.29 is 0 Å². The maximum Gasteiger partial charge on any atom is 0.254 e. The van der Waals surface area contributed by atoms with Crippen molar-refractivity contribution in [2.75, 3.05) is 9.80 Å². The zero-order valence-electron chi connectivity index (χ0n) is 40.1. The smallest absolute Gasteiger partial charge is 0.254 e. The number of nitrogens with zero attached hydrogens (tertiary/aromatic N) is 2. The number of anilines is 2. The second-order valence-corrected chi connectivity index (χ2v) is 26.7. The zero-order valence-corrected chi connectivity index (χ0v) is 43.1. The van der Waals surface area contributed by atoms with Gasteiger partial charge in [-0.3, -0.25) is 0 Å². The molecular formula is C57H70BIN2S. The number of benzene rings is 2. The Morgan fingerprint density at radius 3 is 2.34 bits per heavy atom. The van der Waals surface area contributed by atoms with Crippen LogP contribution in [0.25, 0.3) is 5.57 Å². The van der Waals surface area contributed by atoms with E-state index in [0.717, 1.165) is 19.3 Å². The molecule has 324 valence electrons. The first-order chi connectivity index (χ1) is 29.1. The molecule has 1 fully saturated rings. The average Bonchev–Trinajstić information content (AvgIpc) is 3.94. The van der Waals surface area contributed by atoms with Crippen molar-refractivity contribution in [1.82, 2.24) is 0 Å². The summed E-state index contributed by atoms with van der Waals surface area (Å²) in [6.07, 6.45) is 26.9. The summed E-state index contributed by atoms with van der Waals surface area (Å²) >= 11 is 4.83. The second kappa shape index (κ2) is 15.5. The number of allylic oxidation sites excluding steroid dienone is 11. The molecule has 0 spiro atoms. The number of hydrogen-bond donors (Lipinski definition) is 0. The molecule has 5 heteroatoms. The van der Waals surface area contributed by atoms with Crippen LogP contribution in [0.5, 0.6) is 0 Å². The topological polar surface area (TPSA) is 6.48 Å². The molecule has 4 aliphatic carbocycles. The van der Waals surface area contributed by atoms with Gasteiger partial charge in [-0.25, -0.2) is 0 Å². The van der Waals surface area contributed by atoms with Gasteiger partial charge in [-0.15, -0.1) is 11.8 Å². The van der Waals surface area contributed by atoms with Gasteiger partial charge in [0.25, 0.3) is 6.71 Å². The van der Waals surface area contributed by atoms with Gasteiger partial charge in [0.2, 0.25) is 0 Å². The minimum atomic E-state index is 0.00481. The van der Waals surface area contributed by atoms with Gasteiger partial charge < -0.3 is 9.80 Å². The lowest BCUT2D eigenvalue weighted by Crippen LogP contribution is -2.60. The number of rotatable bonds is 5. The molecule has 0 bridgehead atoms. The lowest BCUT2D eigenvalue weighted by atomic mass is 9.33. The number of halogens is 1. The molecule has 62 heavy (non-hydrogen) atoms. The minimum Gasteiger partial charge on any atom is -0.335 e. The molecule has 7 aliphatic rings. The van der Waals surface area contributed by atoms with Crippen LogP contribution < -0.4 is 15.3 Å². The van der Waals surface area contributed by atoms with E-state index in [-0.39, 0.29) is 37.7 Å². The molecule has 3 heterocycles. The molecule has 2 aromatic carbocycles. The first-order valence-corrected chi connectivity index (χ1v) is 25.6. The van der Waals surface area contributed by atoms with E-state index >= 15 is 0 Å². The number of aryl methyl sites for hydroxylation is 1. The van der Waals surface area contributed by atoms with Gasteiger partial charge in [-0.1, -0.05) is 151 Å². The maximum atomic E-state index is 2.81. The van der Waals surface area contributed by atoms with Gasteiger partial charge in [0, 0.05) is 54.8 Å². The molecule has 0 amide bonds. The van der Waals surface area contributed by atoms with Crippen LogP contribution in [0.3, 0.4) is 0 Å². The van der Waals surface area contributed by atoms with E-state index in [4.69, 9.17) is 0 Å². The molecule has 5 atom stereocenters. The van der Waals surface area contributed by atoms with Gasteiger partial charge in [-0.2, -0.15) is 0 Å². The summed E-state index contributed by atoms with van der Waals surface area (Å²) in [5, 5.41) is 0.287. The Balaban J connectivity index is 1.36. The van der Waals surface area contributed by atoms with Crippen LogP contribution >= 0.6 is 34.4 Å². The highest BCUT2D eigenvalue weighted by molar-refractivity contribution is 14.1. The highest BCUT2D eigenvalue weighted by Crippen LogP contribution is 2.67. The Morgan fingerprint density at radius 1 is 0.935 bits per heavy atom. The van der Waals surface area contributed by atoms with Gasteiger partial charge in [-0.05, 0) is 150 Å². The fourth-order valence-electron chi connectivity index (χ4n) is 11.7. The molecule has 0 saturated heterocycles. The van der Waals surface area contributed by atoms with Crippen molar-refractivity contribution in [3.63, 3.8) is 0 Å². The number of hydrogen-bond acceptors (Lipinski definition) is 3. The molecular weight excluding hydrogens is 882 g/mol. The Morgan fingerprint density at radius 2 is 1.69 bits per heavy atom. The Kier molecular flexibility index (Phi) is 11.0. The lowest BCUT2D eigenvalue weighted by molar-refractivity contribution is 0.256. The summed E-state index contributed by atoms with van der Waals surface area (Å²) in [7, 11) is 0. The summed E-state index contributed by atoms with van der Waals surface area (Å²) in [5.74, 6) is 1.33. The molecule has 2 aromatic rings. The molecule has 0 radical (unpaired) electrons. The summed E-state index contributed by atoms with van der Waals surface area (Å²) < 4.78 is 0.00481. The maximum absolute atomic E-state index is 2.81. The van der Waals surface area contributed by atoms with E-state index in [9.17, 15) is 0 Å². The van der Waals surface area contributed by atoms with Crippen LogP contribution in [0, 0.1) is 35.5 Å². The third-order valence-electron chi connectivity index (χ3n) is 15.5. The molecule has 9 rings (SSSR count). The van der Waals surface area contributed by atoms with E-state index in [1.807, 2.05) is 0 Å². The number of alkyl halides is 1. The summed E-state index contributed by atoms with van der Waals surface area (Å²) in [5.41, 5.74) is 20.5. The van der Waals surface area contributed by atoms with E-state index in [1.165, 1.54) is 84.1 Å². The fourth-order valence-corrected chi connectivity index (χ4v) is 13.5. The molecule has 3 aliphatic heterocycles. The van der Waals surface area contributed by atoms with E-state index in [0.29, 0.717) is 17.8 Å². The van der Waals surface area contributed by atoms with Crippen molar-refractivity contribution in [3.8, 4) is 0 Å². The third kappa shape index (κ3) is 7.30. The molecule has 3 unspecified atom stereocenters. The van der Waals surface area contributed by atoms with Crippen molar-refractivity contribution in [3.05, 3.63) is 152 Å². The monoisotopic (exact) mass is 952 g/mol. The Hall–Kier alpha value is -3.16. The van der Waals surface area contributed by atoms with Crippen LogP contribution in [0.2, 0.25) is 0 Å². The second-order valence-electron chi connectivity index (χ2n) is 22.5. The molecule has 0 N–H and O–H groups in total. The van der Waals surface area contributed by atoms with Crippen LogP contribution in [0.4, 0.5) is 11.4 Å². The van der Waals surface area contributed by atoms with Crippen molar-refractivity contribution in [2.45, 2.75) is 143 Å². The van der Waals surface area contributed by atoms with Gasteiger partial charge in [0.15, 0.2) is 0 Å². The van der Waals surface area contributed by atoms with Gasteiger partial charge in [0.1, 0.15) is 0 Å². The quantitative estimate of drug-likeness (QED) is 0.168. The fraction of sp³-hybridized carbons (Fsp3) is 0.474. The molecule has 0 aromatic heterocycles. The van der Waals surface area contributed by atoms with E-state index in [1.54, 1.807) is 5.47 Å². The highest BCUT2D eigenvalue weighted by atomic mass is 127. The third-order valence-corrected chi connectivity index (χ3v) is 17.3. The first kappa shape index (κ1) is 44.1. The van der Waals surface area contributed by atoms with Crippen molar-refractivity contribution >= 4 is 63.5 Å². The normalized spacial score (nSPS) is 29.0. The average molecular weight is 953 g/mol. The van der Waals surface area contributed by atoms with Gasteiger partial charge >= 0.3 is 0 Å². The van der Waals surface area contributed by atoms with Crippen LogP contribution in [0.15, 0.2) is 135 Å². The van der Waals surface area contributed by atoms with E-state index in [2.05, 4.69) is 232 Å². The van der Waals surface area contributed by atoms with Crippen LogP contribution in [0.1, 0.15) is 132 Å².